The van der Waals surface area contributed by atoms with Crippen LogP contribution in [0.1, 0.15) is 19.3 Å². The number of carboxylic acid groups (broad SMARTS) is 1. The molecule has 0 fully saturated rings. The summed E-state index contributed by atoms with van der Waals surface area (Å²) in [5, 5.41) is 25.6. The number of aliphatic hydroxyl groups is 2. The Morgan fingerprint density at radius 1 is 1.23 bits per heavy atom. The zero-order chi connectivity index (χ0) is 10.1. The van der Waals surface area contributed by atoms with Crippen LogP contribution in [0.4, 0.5) is 0 Å². The van der Waals surface area contributed by atoms with Crippen LogP contribution in [-0.2, 0) is 4.79 Å². The van der Waals surface area contributed by atoms with Gasteiger partial charge in [-0.2, -0.15) is 0 Å². The number of rotatable bonds is 7. The van der Waals surface area contributed by atoms with Crippen LogP contribution in [-0.4, -0.2) is 34.5 Å². The summed E-state index contributed by atoms with van der Waals surface area (Å²) in [6.45, 7) is 0.142. The quantitative estimate of drug-likeness (QED) is 0.505. The highest BCUT2D eigenvalue weighted by Crippen LogP contribution is 2.12. The summed E-state index contributed by atoms with van der Waals surface area (Å²) in [6.07, 6.45) is 4.53. The number of hydrogen-bond donors (Lipinski definition) is 3. The standard InChI is InChI=1S/C9H16O4/c10-6-1-2-8(5-7-11)3-4-9(12)13/h3-4,8,10-11H,1-2,5-7H2,(H,12,13). The lowest BCUT2D eigenvalue weighted by atomic mass is 9.99. The van der Waals surface area contributed by atoms with Crippen molar-refractivity contribution in [3.63, 3.8) is 0 Å². The normalized spacial score (nSPS) is 13.4. The average molecular weight is 188 g/mol. The fourth-order valence-corrected chi connectivity index (χ4v) is 1.07. The van der Waals surface area contributed by atoms with E-state index in [2.05, 4.69) is 0 Å². The Bertz CT molecular complexity index is 165. The lowest BCUT2D eigenvalue weighted by molar-refractivity contribution is -0.131. The van der Waals surface area contributed by atoms with Crippen molar-refractivity contribution in [2.75, 3.05) is 13.2 Å². The molecule has 0 radical (unpaired) electrons. The van der Waals surface area contributed by atoms with Gasteiger partial charge < -0.3 is 15.3 Å². The van der Waals surface area contributed by atoms with Crippen LogP contribution in [0.3, 0.4) is 0 Å². The minimum atomic E-state index is -0.980. The van der Waals surface area contributed by atoms with Gasteiger partial charge in [0.1, 0.15) is 0 Å². The SMILES string of the molecule is O=C(O)C=CC(CCO)CCCO. The molecule has 0 spiro atoms. The van der Waals surface area contributed by atoms with Crippen LogP contribution in [0.2, 0.25) is 0 Å². The maximum atomic E-state index is 10.2. The fourth-order valence-electron chi connectivity index (χ4n) is 1.07. The molecular weight excluding hydrogens is 172 g/mol. The lowest BCUT2D eigenvalue weighted by Gasteiger charge is -2.08. The summed E-state index contributed by atoms with van der Waals surface area (Å²) in [7, 11) is 0. The smallest absolute Gasteiger partial charge is 0.327 e. The highest BCUT2D eigenvalue weighted by atomic mass is 16.4. The zero-order valence-corrected chi connectivity index (χ0v) is 7.52. The van der Waals surface area contributed by atoms with Gasteiger partial charge in [-0.05, 0) is 25.2 Å². The van der Waals surface area contributed by atoms with E-state index in [0.29, 0.717) is 19.3 Å². The molecule has 0 amide bonds. The second-order valence-electron chi connectivity index (χ2n) is 2.84. The molecule has 0 aliphatic carbocycles. The third-order valence-corrected chi connectivity index (χ3v) is 1.74. The van der Waals surface area contributed by atoms with Gasteiger partial charge in [-0.3, -0.25) is 0 Å². The molecule has 4 heteroatoms. The third-order valence-electron chi connectivity index (χ3n) is 1.74. The van der Waals surface area contributed by atoms with E-state index in [-0.39, 0.29) is 19.1 Å². The molecule has 0 aromatic heterocycles. The maximum absolute atomic E-state index is 10.2. The van der Waals surface area contributed by atoms with E-state index in [0.717, 1.165) is 6.08 Å². The molecule has 3 N–H and O–H groups in total. The molecule has 1 atom stereocenters. The summed E-state index contributed by atoms with van der Waals surface area (Å²) in [5.74, 6) is -0.930. The van der Waals surface area contributed by atoms with Crippen molar-refractivity contribution in [3.8, 4) is 0 Å². The molecule has 0 aromatic rings. The van der Waals surface area contributed by atoms with Gasteiger partial charge in [0.2, 0.25) is 0 Å². The van der Waals surface area contributed by atoms with Gasteiger partial charge in [-0.1, -0.05) is 6.08 Å². The van der Waals surface area contributed by atoms with Gasteiger partial charge in [0.15, 0.2) is 0 Å². The first-order chi connectivity index (χ1) is 6.20. The first-order valence-electron chi connectivity index (χ1n) is 4.33. The van der Waals surface area contributed by atoms with E-state index < -0.39 is 5.97 Å². The molecule has 0 saturated carbocycles. The summed E-state index contributed by atoms with van der Waals surface area (Å²) >= 11 is 0. The molecule has 76 valence electrons. The van der Waals surface area contributed by atoms with E-state index in [1.807, 2.05) is 0 Å². The number of aliphatic carboxylic acids is 1. The van der Waals surface area contributed by atoms with Crippen LogP contribution >= 0.6 is 0 Å². The molecule has 4 nitrogen and oxygen atoms in total. The van der Waals surface area contributed by atoms with Crippen molar-refractivity contribution in [2.45, 2.75) is 19.3 Å². The highest BCUT2D eigenvalue weighted by molar-refractivity contribution is 5.79. The van der Waals surface area contributed by atoms with E-state index in [9.17, 15) is 4.79 Å². The Hall–Kier alpha value is -0.870. The van der Waals surface area contributed by atoms with Crippen molar-refractivity contribution in [2.24, 2.45) is 5.92 Å². The first-order valence-corrected chi connectivity index (χ1v) is 4.33. The largest absolute Gasteiger partial charge is 0.478 e. The highest BCUT2D eigenvalue weighted by Gasteiger charge is 2.03. The van der Waals surface area contributed by atoms with E-state index >= 15 is 0 Å². The second kappa shape index (κ2) is 7.76. The number of aliphatic hydroxyl groups excluding tert-OH is 2. The Labute approximate surface area is 77.5 Å². The fraction of sp³-hybridized carbons (Fsp3) is 0.667. The first kappa shape index (κ1) is 12.1. The minimum absolute atomic E-state index is 0.0417. The van der Waals surface area contributed by atoms with Gasteiger partial charge in [-0.25, -0.2) is 4.79 Å². The molecular formula is C9H16O4. The topological polar surface area (TPSA) is 77.8 Å². The maximum Gasteiger partial charge on any atom is 0.327 e. The monoisotopic (exact) mass is 188 g/mol. The lowest BCUT2D eigenvalue weighted by Crippen LogP contribution is -2.02. The summed E-state index contributed by atoms with van der Waals surface area (Å²) in [5.41, 5.74) is 0. The van der Waals surface area contributed by atoms with E-state index in [1.54, 1.807) is 6.08 Å². The third kappa shape index (κ3) is 7.49. The van der Waals surface area contributed by atoms with Crippen LogP contribution in [0.5, 0.6) is 0 Å². The van der Waals surface area contributed by atoms with Crippen LogP contribution < -0.4 is 0 Å². The Kier molecular flexibility index (Phi) is 7.24. The Balaban J connectivity index is 3.85. The van der Waals surface area contributed by atoms with Crippen LogP contribution in [0.25, 0.3) is 0 Å². The number of allylic oxidation sites excluding steroid dienone is 1. The Morgan fingerprint density at radius 3 is 2.38 bits per heavy atom. The van der Waals surface area contributed by atoms with Crippen LogP contribution in [0.15, 0.2) is 12.2 Å². The van der Waals surface area contributed by atoms with Crippen molar-refractivity contribution >= 4 is 5.97 Å². The van der Waals surface area contributed by atoms with Crippen molar-refractivity contribution in [1.82, 2.24) is 0 Å². The molecule has 0 rings (SSSR count). The summed E-state index contributed by atoms with van der Waals surface area (Å²) in [4.78, 5) is 10.2. The molecule has 1 unspecified atom stereocenters. The molecule has 13 heavy (non-hydrogen) atoms. The molecule has 0 bridgehead atoms. The molecule has 0 aliphatic rings. The van der Waals surface area contributed by atoms with Crippen molar-refractivity contribution < 1.29 is 20.1 Å². The van der Waals surface area contributed by atoms with Crippen LogP contribution in [0, 0.1) is 5.92 Å². The number of carbonyl (C=O) groups is 1. The predicted octanol–water partition coefficient (Wildman–Crippen LogP) is 0.398. The number of carboxylic acids is 1. The summed E-state index contributed by atoms with van der Waals surface area (Å²) < 4.78 is 0. The summed E-state index contributed by atoms with van der Waals surface area (Å²) in [6, 6.07) is 0. The second-order valence-corrected chi connectivity index (χ2v) is 2.84. The molecule has 0 aliphatic heterocycles. The Morgan fingerprint density at radius 2 is 1.92 bits per heavy atom. The molecule has 0 heterocycles. The van der Waals surface area contributed by atoms with Gasteiger partial charge in [0.25, 0.3) is 0 Å². The van der Waals surface area contributed by atoms with Gasteiger partial charge in [0.05, 0.1) is 0 Å². The average Bonchev–Trinajstić information content (AvgIpc) is 2.09. The minimum Gasteiger partial charge on any atom is -0.478 e. The predicted molar refractivity (Wildman–Crippen MR) is 48.3 cm³/mol. The van der Waals surface area contributed by atoms with Crippen molar-refractivity contribution in [3.05, 3.63) is 12.2 Å². The van der Waals surface area contributed by atoms with Gasteiger partial charge in [-0.15, -0.1) is 0 Å². The van der Waals surface area contributed by atoms with Gasteiger partial charge >= 0.3 is 5.97 Å². The molecule has 0 aromatic carbocycles. The van der Waals surface area contributed by atoms with E-state index in [4.69, 9.17) is 15.3 Å². The van der Waals surface area contributed by atoms with Crippen molar-refractivity contribution in [1.29, 1.82) is 0 Å². The number of hydrogen-bond acceptors (Lipinski definition) is 3. The zero-order valence-electron chi connectivity index (χ0n) is 7.52. The van der Waals surface area contributed by atoms with E-state index in [1.165, 1.54) is 0 Å². The van der Waals surface area contributed by atoms with Gasteiger partial charge in [0, 0.05) is 19.3 Å². The molecule has 0 saturated heterocycles.